The number of carbonyl (C=O) groups is 1. The Hall–Kier alpha value is -2.82. The molecular weight excluding hydrogens is 528 g/mol. The van der Waals surface area contributed by atoms with Gasteiger partial charge in [-0.2, -0.15) is 4.31 Å². The van der Waals surface area contributed by atoms with Crippen LogP contribution < -0.4 is 4.90 Å². The molecule has 1 aromatic heterocycles. The van der Waals surface area contributed by atoms with Gasteiger partial charge in [-0.3, -0.25) is 9.69 Å². The largest absolute Gasteiger partial charge is 0.308 e. The van der Waals surface area contributed by atoms with Crippen molar-refractivity contribution in [1.29, 1.82) is 0 Å². The molecule has 196 valence electrons. The Kier molecular flexibility index (Phi) is 9.44. The maximum absolute atomic E-state index is 13.6. The van der Waals surface area contributed by atoms with Gasteiger partial charge in [0.2, 0.25) is 10.0 Å². The second-order valence-corrected chi connectivity index (χ2v) is 12.1. The maximum atomic E-state index is 13.6. The number of aromatic nitrogens is 1. The summed E-state index contributed by atoms with van der Waals surface area (Å²) in [6.45, 7) is 3.42. The topological polar surface area (TPSA) is 73.8 Å². The first kappa shape index (κ1) is 28.7. The van der Waals surface area contributed by atoms with Gasteiger partial charge >= 0.3 is 0 Å². The number of thiazole rings is 1. The van der Waals surface area contributed by atoms with Crippen molar-refractivity contribution < 1.29 is 13.2 Å². The van der Waals surface area contributed by atoms with Crippen molar-refractivity contribution in [2.75, 3.05) is 39.1 Å². The minimum Gasteiger partial charge on any atom is -0.308 e. The molecule has 0 fully saturated rings. The summed E-state index contributed by atoms with van der Waals surface area (Å²) in [6.07, 6.45) is 0. The molecule has 0 unspecified atom stereocenters. The van der Waals surface area contributed by atoms with Gasteiger partial charge in [-0.05, 0) is 68.5 Å². The number of amides is 1. The van der Waals surface area contributed by atoms with E-state index in [0.29, 0.717) is 23.8 Å². The van der Waals surface area contributed by atoms with E-state index < -0.39 is 10.0 Å². The lowest BCUT2D eigenvalue weighted by Gasteiger charge is -2.22. The molecule has 4 rings (SSSR count). The number of sulfonamides is 1. The molecule has 0 N–H and O–H groups in total. The van der Waals surface area contributed by atoms with Crippen LogP contribution in [0.5, 0.6) is 0 Å². The first-order chi connectivity index (χ1) is 17.1. The van der Waals surface area contributed by atoms with Gasteiger partial charge in [-0.1, -0.05) is 47.7 Å². The van der Waals surface area contributed by atoms with Crippen molar-refractivity contribution in [2.24, 2.45) is 0 Å². The van der Waals surface area contributed by atoms with E-state index in [1.807, 2.05) is 68.4 Å². The van der Waals surface area contributed by atoms with Gasteiger partial charge in [0.25, 0.3) is 5.91 Å². The number of benzene rings is 3. The van der Waals surface area contributed by atoms with Crippen molar-refractivity contribution in [1.82, 2.24) is 14.2 Å². The number of anilines is 1. The molecule has 0 saturated heterocycles. The van der Waals surface area contributed by atoms with E-state index in [9.17, 15) is 13.2 Å². The van der Waals surface area contributed by atoms with Crippen molar-refractivity contribution in [2.45, 2.75) is 18.4 Å². The fourth-order valence-corrected chi connectivity index (χ4v) is 6.00. The quantitative estimate of drug-likeness (QED) is 0.287. The van der Waals surface area contributed by atoms with Crippen LogP contribution in [0.15, 0.2) is 77.7 Å². The van der Waals surface area contributed by atoms with Crippen LogP contribution in [0, 0.1) is 6.92 Å². The highest BCUT2D eigenvalue weighted by atomic mass is 35.5. The second-order valence-electron chi connectivity index (χ2n) is 9.00. The fourth-order valence-electron chi connectivity index (χ4n) is 3.75. The maximum Gasteiger partial charge on any atom is 0.260 e. The van der Waals surface area contributed by atoms with Crippen LogP contribution in [0.25, 0.3) is 10.2 Å². The van der Waals surface area contributed by atoms with E-state index in [-0.39, 0.29) is 29.8 Å². The van der Waals surface area contributed by atoms with Crippen molar-refractivity contribution in [3.63, 3.8) is 0 Å². The lowest BCUT2D eigenvalue weighted by molar-refractivity contribution is 0.0985. The number of fused-ring (bicyclic) bond motifs is 1. The molecule has 0 aliphatic rings. The standard InChI is InChI=1S/C27H30N4O3S2.ClH/c1-20-10-15-24-25(18-20)35-27(28-24)31(17-16-29(2)3)26(32)22-11-13-23(14-12-22)36(33,34)30(4)19-21-8-6-5-7-9-21;/h5-15,18H,16-17,19H2,1-4H3;1H. The highest BCUT2D eigenvalue weighted by Crippen LogP contribution is 2.30. The normalized spacial score (nSPS) is 11.6. The predicted octanol–water partition coefficient (Wildman–Crippen LogP) is 5.06. The Labute approximate surface area is 228 Å². The minimum absolute atomic E-state index is 0. The van der Waals surface area contributed by atoms with Gasteiger partial charge in [0.05, 0.1) is 15.1 Å². The zero-order valence-electron chi connectivity index (χ0n) is 21.3. The number of hydrogen-bond donors (Lipinski definition) is 0. The van der Waals surface area contributed by atoms with Crippen molar-refractivity contribution >= 4 is 55.0 Å². The molecule has 3 aromatic carbocycles. The zero-order valence-corrected chi connectivity index (χ0v) is 23.7. The molecule has 10 heteroatoms. The van der Waals surface area contributed by atoms with E-state index in [1.54, 1.807) is 24.1 Å². The van der Waals surface area contributed by atoms with Crippen molar-refractivity contribution in [3.8, 4) is 0 Å². The molecule has 1 amide bonds. The van der Waals surface area contributed by atoms with Gasteiger partial charge in [0, 0.05) is 32.2 Å². The molecule has 0 aliphatic heterocycles. The number of halogens is 1. The third-order valence-corrected chi connectivity index (χ3v) is 8.70. The average Bonchev–Trinajstić information content (AvgIpc) is 3.27. The second kappa shape index (κ2) is 12.1. The first-order valence-corrected chi connectivity index (χ1v) is 13.8. The lowest BCUT2D eigenvalue weighted by atomic mass is 10.2. The summed E-state index contributed by atoms with van der Waals surface area (Å²) < 4.78 is 28.5. The van der Waals surface area contributed by atoms with E-state index >= 15 is 0 Å². The molecule has 4 aromatic rings. The monoisotopic (exact) mass is 558 g/mol. The third-order valence-electron chi connectivity index (χ3n) is 5.84. The summed E-state index contributed by atoms with van der Waals surface area (Å²) in [6, 6.07) is 21.6. The number of aryl methyl sites for hydroxylation is 1. The number of carbonyl (C=O) groups excluding carboxylic acids is 1. The van der Waals surface area contributed by atoms with E-state index in [4.69, 9.17) is 4.98 Å². The Morgan fingerprint density at radius 1 is 0.919 bits per heavy atom. The molecule has 0 spiro atoms. The molecule has 0 atom stereocenters. The Morgan fingerprint density at radius 3 is 2.24 bits per heavy atom. The number of hydrogen-bond acceptors (Lipinski definition) is 6. The van der Waals surface area contributed by atoms with Crippen LogP contribution in [0.3, 0.4) is 0 Å². The average molecular weight is 559 g/mol. The van der Waals surface area contributed by atoms with Gasteiger partial charge in [0.1, 0.15) is 0 Å². The van der Waals surface area contributed by atoms with Gasteiger partial charge < -0.3 is 4.90 Å². The summed E-state index contributed by atoms with van der Waals surface area (Å²) in [5.41, 5.74) is 3.30. The molecular formula is C27H31ClN4O3S2. The zero-order chi connectivity index (χ0) is 25.9. The third kappa shape index (κ3) is 6.74. The fraction of sp³-hybridized carbons (Fsp3) is 0.259. The van der Waals surface area contributed by atoms with E-state index in [2.05, 4.69) is 6.07 Å². The SMILES string of the molecule is Cc1ccc2nc(N(CCN(C)C)C(=O)c3ccc(S(=O)(=O)N(C)Cc4ccccc4)cc3)sc2c1.Cl. The molecule has 1 heterocycles. The molecule has 7 nitrogen and oxygen atoms in total. The Balaban J connectivity index is 0.00000380. The van der Waals surface area contributed by atoms with Crippen LogP contribution in [-0.4, -0.2) is 62.7 Å². The number of likely N-dealkylation sites (N-methyl/N-ethyl adjacent to an activating group) is 1. The van der Waals surface area contributed by atoms with E-state index in [1.165, 1.54) is 27.8 Å². The minimum atomic E-state index is -3.70. The van der Waals surface area contributed by atoms with Gasteiger partial charge in [-0.15, -0.1) is 12.4 Å². The summed E-state index contributed by atoms with van der Waals surface area (Å²) >= 11 is 1.48. The van der Waals surface area contributed by atoms with Crippen LogP contribution in [-0.2, 0) is 16.6 Å². The van der Waals surface area contributed by atoms with Gasteiger partial charge in [-0.25, -0.2) is 13.4 Å². The van der Waals surface area contributed by atoms with Crippen molar-refractivity contribution in [3.05, 3.63) is 89.5 Å². The predicted molar refractivity (Wildman–Crippen MR) is 153 cm³/mol. The Bertz CT molecular complexity index is 1460. The molecule has 37 heavy (non-hydrogen) atoms. The highest BCUT2D eigenvalue weighted by molar-refractivity contribution is 7.89. The van der Waals surface area contributed by atoms with Gasteiger partial charge in [0.15, 0.2) is 5.13 Å². The smallest absolute Gasteiger partial charge is 0.260 e. The molecule has 0 saturated carbocycles. The molecule has 0 bridgehead atoms. The molecule has 0 radical (unpaired) electrons. The Morgan fingerprint density at radius 2 is 1.59 bits per heavy atom. The summed E-state index contributed by atoms with van der Waals surface area (Å²) in [4.78, 5) is 22.1. The van der Waals surface area contributed by atoms with Crippen LogP contribution >= 0.6 is 23.7 Å². The summed E-state index contributed by atoms with van der Waals surface area (Å²) in [5, 5.41) is 0.627. The van der Waals surface area contributed by atoms with Crippen LogP contribution in [0.2, 0.25) is 0 Å². The number of nitrogens with zero attached hydrogens (tertiary/aromatic N) is 4. The summed E-state index contributed by atoms with van der Waals surface area (Å²) in [5.74, 6) is -0.214. The van der Waals surface area contributed by atoms with Crippen LogP contribution in [0.1, 0.15) is 21.5 Å². The first-order valence-electron chi connectivity index (χ1n) is 11.6. The lowest BCUT2D eigenvalue weighted by Crippen LogP contribution is -2.36. The highest BCUT2D eigenvalue weighted by Gasteiger charge is 2.24. The van der Waals surface area contributed by atoms with Crippen LogP contribution in [0.4, 0.5) is 5.13 Å². The van der Waals surface area contributed by atoms with E-state index in [0.717, 1.165) is 21.3 Å². The molecule has 0 aliphatic carbocycles. The number of rotatable bonds is 9. The summed E-state index contributed by atoms with van der Waals surface area (Å²) in [7, 11) is 1.76.